The zero-order chi connectivity index (χ0) is 27.8. The minimum atomic E-state index is -1.34. The summed E-state index contributed by atoms with van der Waals surface area (Å²) in [7, 11) is -1.34. The Balaban J connectivity index is 0.000000215. The van der Waals surface area contributed by atoms with E-state index in [0.29, 0.717) is 5.92 Å². The summed E-state index contributed by atoms with van der Waals surface area (Å²) in [6.07, 6.45) is 5.18. The monoisotopic (exact) mass is 719 g/mol. The summed E-state index contributed by atoms with van der Waals surface area (Å²) in [5.74, 6) is 0.667. The van der Waals surface area contributed by atoms with Gasteiger partial charge in [-0.1, -0.05) is 81.5 Å². The third-order valence-corrected chi connectivity index (χ3v) is 8.66. The van der Waals surface area contributed by atoms with Crippen molar-refractivity contribution in [2.45, 2.75) is 46.8 Å². The average molecular weight is 719 g/mol. The van der Waals surface area contributed by atoms with Gasteiger partial charge < -0.3 is 9.97 Å². The first-order valence-corrected chi connectivity index (χ1v) is 17.2. The molecule has 2 heterocycles. The fraction of sp³-hybridized carbons (Fsp3) is 0.222. The van der Waals surface area contributed by atoms with E-state index in [9.17, 15) is 0 Å². The summed E-state index contributed by atoms with van der Waals surface area (Å²) in [5, 5.41) is 1.49. The zero-order valence-corrected chi connectivity index (χ0v) is 27.7. The molecule has 40 heavy (non-hydrogen) atoms. The second kappa shape index (κ2) is 14.5. The van der Waals surface area contributed by atoms with Crippen LogP contribution < -0.4 is 5.19 Å². The molecule has 0 amide bonds. The molecule has 207 valence electrons. The van der Waals surface area contributed by atoms with E-state index < -0.39 is 8.07 Å². The Morgan fingerprint density at radius 1 is 0.725 bits per heavy atom. The van der Waals surface area contributed by atoms with E-state index in [1.807, 2.05) is 66.9 Å². The van der Waals surface area contributed by atoms with E-state index in [0.717, 1.165) is 28.9 Å². The number of aromatic nitrogens is 2. The summed E-state index contributed by atoms with van der Waals surface area (Å²) in [5.41, 5.74) is 9.22. The van der Waals surface area contributed by atoms with Crippen LogP contribution in [0, 0.1) is 25.0 Å². The number of hydrogen-bond donors (Lipinski definition) is 0. The molecule has 5 aromatic rings. The van der Waals surface area contributed by atoms with E-state index in [4.69, 9.17) is 0 Å². The summed E-state index contributed by atoms with van der Waals surface area (Å²) in [6, 6.07) is 37.2. The molecule has 0 unspecified atom stereocenters. The van der Waals surface area contributed by atoms with E-state index in [2.05, 4.69) is 99.0 Å². The van der Waals surface area contributed by atoms with Gasteiger partial charge in [0.05, 0.1) is 8.07 Å². The Hall–Kier alpha value is -3.17. The van der Waals surface area contributed by atoms with Crippen molar-refractivity contribution in [1.82, 2.24) is 9.97 Å². The Morgan fingerprint density at radius 3 is 1.77 bits per heavy atom. The predicted molar refractivity (Wildman–Crippen MR) is 169 cm³/mol. The van der Waals surface area contributed by atoms with Gasteiger partial charge in [-0.15, -0.1) is 71.8 Å². The first kappa shape index (κ1) is 31.4. The minimum absolute atomic E-state index is 0. The van der Waals surface area contributed by atoms with Crippen LogP contribution in [-0.4, -0.2) is 18.0 Å². The molecule has 4 heteroatoms. The molecule has 0 aliphatic carbocycles. The van der Waals surface area contributed by atoms with Crippen LogP contribution in [0.1, 0.15) is 25.0 Å². The van der Waals surface area contributed by atoms with Gasteiger partial charge in [-0.2, -0.15) is 0 Å². The van der Waals surface area contributed by atoms with Gasteiger partial charge in [-0.25, -0.2) is 0 Å². The Bertz CT molecular complexity index is 1480. The molecule has 0 aliphatic heterocycles. The quantitative estimate of drug-likeness (QED) is 0.130. The third-order valence-electron chi connectivity index (χ3n) is 6.59. The van der Waals surface area contributed by atoms with Crippen LogP contribution in [0.4, 0.5) is 0 Å². The largest absolute Gasteiger partial charge is 0.305 e. The predicted octanol–water partition coefficient (Wildman–Crippen LogP) is 8.81. The normalized spacial score (nSPS) is 10.9. The van der Waals surface area contributed by atoms with Crippen LogP contribution in [-0.2, 0) is 26.5 Å². The molecule has 0 atom stereocenters. The number of rotatable bonds is 6. The van der Waals surface area contributed by atoms with Crippen molar-refractivity contribution >= 4 is 13.3 Å². The van der Waals surface area contributed by atoms with Crippen LogP contribution in [0.15, 0.2) is 103 Å². The second-order valence-electron chi connectivity index (χ2n) is 11.4. The number of benzene rings is 3. The van der Waals surface area contributed by atoms with E-state index >= 15 is 0 Å². The Morgan fingerprint density at radius 2 is 1.27 bits per heavy atom. The number of nitrogens with zero attached hydrogens (tertiary/aromatic N) is 2. The van der Waals surface area contributed by atoms with Crippen molar-refractivity contribution in [1.29, 1.82) is 0 Å². The molecule has 0 aliphatic rings. The maximum atomic E-state index is 4.69. The summed E-state index contributed by atoms with van der Waals surface area (Å²) >= 11 is 0. The fourth-order valence-electron chi connectivity index (χ4n) is 4.66. The van der Waals surface area contributed by atoms with Gasteiger partial charge in [0.2, 0.25) is 0 Å². The number of aryl methyl sites for hydroxylation is 1. The number of hydrogen-bond acceptors (Lipinski definition) is 2. The SMILES string of the molecule is CC(C)Cc1cc(-c2[c-]cccc2)ncc1[Si](C)(C)C.Cc1cc(-c2[c-]cccc2)ncc1-c1ccccc1.[Ir]. The van der Waals surface area contributed by atoms with Gasteiger partial charge in [0, 0.05) is 38.1 Å². The third kappa shape index (κ3) is 8.41. The fourth-order valence-corrected chi connectivity index (χ4v) is 6.25. The van der Waals surface area contributed by atoms with Crippen molar-refractivity contribution in [3.05, 3.63) is 127 Å². The molecule has 0 bridgehead atoms. The smallest absolute Gasteiger partial charge is 0.0798 e. The molecule has 0 fully saturated rings. The van der Waals surface area contributed by atoms with Gasteiger partial charge >= 0.3 is 0 Å². The van der Waals surface area contributed by atoms with Crippen molar-refractivity contribution in [3.63, 3.8) is 0 Å². The van der Waals surface area contributed by atoms with Crippen LogP contribution in [0.5, 0.6) is 0 Å². The Kier molecular flexibility index (Phi) is 11.3. The first-order valence-electron chi connectivity index (χ1n) is 13.7. The molecule has 1 radical (unpaired) electrons. The molecule has 2 nitrogen and oxygen atoms in total. The van der Waals surface area contributed by atoms with Crippen molar-refractivity contribution < 1.29 is 20.1 Å². The number of pyridine rings is 2. The van der Waals surface area contributed by atoms with Crippen LogP contribution in [0.2, 0.25) is 19.6 Å². The van der Waals surface area contributed by atoms with Gasteiger partial charge in [0.25, 0.3) is 0 Å². The molecule has 0 spiro atoms. The van der Waals surface area contributed by atoms with Gasteiger partial charge in [-0.05, 0) is 47.0 Å². The average Bonchev–Trinajstić information content (AvgIpc) is 2.94. The molecule has 0 saturated heterocycles. The van der Waals surface area contributed by atoms with Crippen LogP contribution in [0.25, 0.3) is 33.6 Å². The summed E-state index contributed by atoms with van der Waals surface area (Å²) < 4.78 is 0. The van der Waals surface area contributed by atoms with Crippen molar-refractivity contribution in [3.8, 4) is 33.6 Å². The summed E-state index contributed by atoms with van der Waals surface area (Å²) in [6.45, 7) is 13.9. The molecule has 5 rings (SSSR count). The topological polar surface area (TPSA) is 25.8 Å². The minimum Gasteiger partial charge on any atom is -0.305 e. The Labute approximate surface area is 255 Å². The standard InChI is InChI=1S/C18H24NSi.C18H14N.Ir/c1-14(2)11-16-12-17(15-9-7-6-8-10-15)19-13-18(16)20(3,4)5;1-14-12-18(16-10-6-3-7-11-16)19-13-17(14)15-8-4-2-5-9-15;/h6-9,12-14H,11H2,1-5H3;2-10,12-13H,1H3;/q2*-1;. The van der Waals surface area contributed by atoms with Crippen molar-refractivity contribution in [2.24, 2.45) is 5.92 Å². The zero-order valence-electron chi connectivity index (χ0n) is 24.3. The van der Waals surface area contributed by atoms with Gasteiger partial charge in [0.15, 0.2) is 0 Å². The molecule has 0 saturated carbocycles. The van der Waals surface area contributed by atoms with Gasteiger partial charge in [-0.3, -0.25) is 0 Å². The molecule has 2 aromatic heterocycles. The van der Waals surface area contributed by atoms with Crippen LogP contribution >= 0.6 is 0 Å². The maximum absolute atomic E-state index is 4.69. The molecule has 3 aromatic carbocycles. The van der Waals surface area contributed by atoms with E-state index in [-0.39, 0.29) is 20.1 Å². The van der Waals surface area contributed by atoms with E-state index in [1.165, 1.54) is 27.4 Å². The first-order chi connectivity index (χ1) is 18.7. The maximum Gasteiger partial charge on any atom is 0.0798 e. The van der Waals surface area contributed by atoms with E-state index in [1.54, 1.807) is 0 Å². The molecular weight excluding hydrogens is 681 g/mol. The molecule has 0 N–H and O–H groups in total. The summed E-state index contributed by atoms with van der Waals surface area (Å²) in [4.78, 5) is 9.24. The molecular formula is C36H38IrN2Si-2. The van der Waals surface area contributed by atoms with Crippen LogP contribution in [0.3, 0.4) is 0 Å². The second-order valence-corrected chi connectivity index (χ2v) is 16.4. The van der Waals surface area contributed by atoms with Gasteiger partial charge in [0.1, 0.15) is 0 Å². The van der Waals surface area contributed by atoms with Crippen molar-refractivity contribution in [2.75, 3.05) is 0 Å².